The van der Waals surface area contributed by atoms with Crippen LogP contribution in [0, 0.1) is 5.92 Å². The van der Waals surface area contributed by atoms with Crippen LogP contribution in [0.2, 0.25) is 0 Å². The predicted molar refractivity (Wildman–Crippen MR) is 141 cm³/mol. The van der Waals surface area contributed by atoms with Crippen LogP contribution in [0.25, 0.3) is 10.8 Å². The summed E-state index contributed by atoms with van der Waals surface area (Å²) < 4.78 is 28.2. The van der Waals surface area contributed by atoms with Crippen LogP contribution >= 0.6 is 0 Å². The van der Waals surface area contributed by atoms with Gasteiger partial charge < -0.3 is 5.32 Å². The zero-order valence-corrected chi connectivity index (χ0v) is 21.0. The Morgan fingerprint density at radius 1 is 1.03 bits per heavy atom. The van der Waals surface area contributed by atoms with Gasteiger partial charge in [0.25, 0.3) is 10.0 Å². The first kappa shape index (κ1) is 23.9. The summed E-state index contributed by atoms with van der Waals surface area (Å²) in [6, 6.07) is 18.0. The van der Waals surface area contributed by atoms with Gasteiger partial charge in [-0.1, -0.05) is 38.1 Å². The third-order valence-electron chi connectivity index (χ3n) is 6.86. The number of aromatic nitrogens is 2. The maximum absolute atomic E-state index is 12.8. The number of rotatable bonds is 8. The molecular weight excluding hydrogens is 472 g/mol. The number of hydrogen-bond donors (Lipinski definition) is 2. The molecule has 0 aliphatic heterocycles. The Morgan fingerprint density at radius 3 is 2.56 bits per heavy atom. The number of hydrogen-bond acceptors (Lipinski definition) is 5. The van der Waals surface area contributed by atoms with Crippen molar-refractivity contribution in [1.82, 2.24) is 9.97 Å². The molecule has 4 aromatic rings. The number of carbonyl (C=O) groups excluding carboxylic acids is 1. The van der Waals surface area contributed by atoms with Gasteiger partial charge in [0, 0.05) is 35.6 Å². The number of anilines is 2. The SMILES string of the molecule is CCC(C)c1ccc(NS(=O)(=O)c2ccc(C3CC3C(=O)Nc3ccc4cnccc4c3)cc2)nc1. The second kappa shape index (κ2) is 9.70. The molecule has 1 saturated carbocycles. The van der Waals surface area contributed by atoms with Gasteiger partial charge >= 0.3 is 0 Å². The summed E-state index contributed by atoms with van der Waals surface area (Å²) in [4.78, 5) is 21.3. The fourth-order valence-electron chi connectivity index (χ4n) is 4.33. The van der Waals surface area contributed by atoms with E-state index >= 15 is 0 Å². The average molecular weight is 501 g/mol. The number of amides is 1. The van der Waals surface area contributed by atoms with Crippen LogP contribution in [0.5, 0.6) is 0 Å². The van der Waals surface area contributed by atoms with Crippen molar-refractivity contribution in [3.8, 4) is 0 Å². The standard InChI is InChI=1S/C28H28N4O3S/c1-3-18(2)21-7-11-27(30-17-21)32-36(34,35)24-9-5-19(6-10-24)25-15-26(25)28(33)31-23-8-4-22-16-29-13-12-20(22)14-23/h4-14,16-18,25-26H,3,15H2,1-2H3,(H,30,32)(H,31,33). The Labute approximate surface area is 211 Å². The minimum atomic E-state index is -3.76. The monoisotopic (exact) mass is 500 g/mol. The molecular formula is C28H28N4O3S. The van der Waals surface area contributed by atoms with Gasteiger partial charge in [-0.3, -0.25) is 14.5 Å². The Kier molecular flexibility index (Phi) is 6.45. The fourth-order valence-corrected chi connectivity index (χ4v) is 5.34. The molecule has 7 nitrogen and oxygen atoms in total. The third kappa shape index (κ3) is 5.09. The van der Waals surface area contributed by atoms with E-state index in [1.54, 1.807) is 48.9 Å². The van der Waals surface area contributed by atoms with Crippen molar-refractivity contribution in [2.75, 3.05) is 10.0 Å². The number of nitrogens with zero attached hydrogens (tertiary/aromatic N) is 2. The van der Waals surface area contributed by atoms with Gasteiger partial charge in [0.15, 0.2) is 0 Å². The molecule has 0 saturated heterocycles. The van der Waals surface area contributed by atoms with Gasteiger partial charge in [0.05, 0.1) is 4.90 Å². The smallest absolute Gasteiger partial charge is 0.263 e. The highest BCUT2D eigenvalue weighted by atomic mass is 32.2. The van der Waals surface area contributed by atoms with E-state index in [-0.39, 0.29) is 28.5 Å². The lowest BCUT2D eigenvalue weighted by Crippen LogP contribution is -2.15. The number of sulfonamides is 1. The largest absolute Gasteiger partial charge is 0.326 e. The Hall–Kier alpha value is -3.78. The van der Waals surface area contributed by atoms with Crippen LogP contribution in [0.3, 0.4) is 0 Å². The second-order valence-corrected chi connectivity index (χ2v) is 11.0. The van der Waals surface area contributed by atoms with Crippen LogP contribution in [-0.2, 0) is 14.8 Å². The summed E-state index contributed by atoms with van der Waals surface area (Å²) in [5.74, 6) is 0.573. The zero-order chi connectivity index (χ0) is 25.3. The highest BCUT2D eigenvalue weighted by molar-refractivity contribution is 7.92. The molecule has 1 aliphatic carbocycles. The molecule has 2 N–H and O–H groups in total. The van der Waals surface area contributed by atoms with E-state index in [9.17, 15) is 13.2 Å². The molecule has 0 radical (unpaired) electrons. The lowest BCUT2D eigenvalue weighted by molar-refractivity contribution is -0.117. The van der Waals surface area contributed by atoms with Gasteiger partial charge in [-0.25, -0.2) is 13.4 Å². The van der Waals surface area contributed by atoms with Gasteiger partial charge in [-0.05, 0) is 77.6 Å². The number of pyridine rings is 2. The van der Waals surface area contributed by atoms with Crippen molar-refractivity contribution in [1.29, 1.82) is 0 Å². The first-order chi connectivity index (χ1) is 17.3. The number of nitrogens with one attached hydrogen (secondary N) is 2. The maximum atomic E-state index is 12.8. The van der Waals surface area contributed by atoms with Gasteiger partial charge in [-0.2, -0.15) is 0 Å². The van der Waals surface area contributed by atoms with Crippen molar-refractivity contribution in [2.45, 2.75) is 43.4 Å². The first-order valence-electron chi connectivity index (χ1n) is 12.1. The zero-order valence-electron chi connectivity index (χ0n) is 20.2. The highest BCUT2D eigenvalue weighted by Crippen LogP contribution is 2.48. The van der Waals surface area contributed by atoms with Crippen LogP contribution < -0.4 is 10.0 Å². The van der Waals surface area contributed by atoms with E-state index in [1.807, 2.05) is 30.3 Å². The molecule has 2 aromatic heterocycles. The maximum Gasteiger partial charge on any atom is 0.263 e. The minimum absolute atomic E-state index is 0.0290. The molecule has 0 spiro atoms. The molecule has 0 bridgehead atoms. The van der Waals surface area contributed by atoms with Crippen molar-refractivity contribution in [3.05, 3.63) is 90.4 Å². The quantitative estimate of drug-likeness (QED) is 0.324. The highest BCUT2D eigenvalue weighted by Gasteiger charge is 2.44. The van der Waals surface area contributed by atoms with E-state index in [1.165, 1.54) is 0 Å². The van der Waals surface area contributed by atoms with Crippen LogP contribution in [0.1, 0.15) is 49.7 Å². The molecule has 184 valence electrons. The number of benzene rings is 2. The molecule has 3 atom stereocenters. The van der Waals surface area contributed by atoms with Gasteiger partial charge in [-0.15, -0.1) is 0 Å². The van der Waals surface area contributed by atoms with E-state index in [2.05, 4.69) is 33.9 Å². The van der Waals surface area contributed by atoms with E-state index in [0.717, 1.165) is 40.4 Å². The average Bonchev–Trinajstić information content (AvgIpc) is 3.70. The van der Waals surface area contributed by atoms with E-state index in [0.29, 0.717) is 5.92 Å². The van der Waals surface area contributed by atoms with Crippen molar-refractivity contribution < 1.29 is 13.2 Å². The normalized spacial score (nSPS) is 17.9. The molecule has 36 heavy (non-hydrogen) atoms. The van der Waals surface area contributed by atoms with E-state index in [4.69, 9.17) is 0 Å². The summed E-state index contributed by atoms with van der Waals surface area (Å²) in [5, 5.41) is 5.03. The lowest BCUT2D eigenvalue weighted by atomic mass is 10.0. The summed E-state index contributed by atoms with van der Waals surface area (Å²) in [7, 11) is -3.76. The van der Waals surface area contributed by atoms with Crippen molar-refractivity contribution >= 4 is 38.2 Å². The lowest BCUT2D eigenvalue weighted by Gasteiger charge is -2.11. The summed E-state index contributed by atoms with van der Waals surface area (Å²) in [6.45, 7) is 4.21. The predicted octanol–water partition coefficient (Wildman–Crippen LogP) is 5.69. The Balaban J connectivity index is 1.21. The summed E-state index contributed by atoms with van der Waals surface area (Å²) >= 11 is 0. The molecule has 2 heterocycles. The molecule has 2 aromatic carbocycles. The Bertz CT molecular complexity index is 1500. The van der Waals surface area contributed by atoms with Gasteiger partial charge in [0.2, 0.25) is 5.91 Å². The molecule has 5 rings (SSSR count). The number of carbonyl (C=O) groups is 1. The molecule has 1 aliphatic rings. The third-order valence-corrected chi connectivity index (χ3v) is 8.23. The van der Waals surface area contributed by atoms with Crippen LogP contribution in [-0.4, -0.2) is 24.3 Å². The Morgan fingerprint density at radius 2 is 1.83 bits per heavy atom. The minimum Gasteiger partial charge on any atom is -0.326 e. The topological polar surface area (TPSA) is 101 Å². The van der Waals surface area contributed by atoms with Gasteiger partial charge in [0.1, 0.15) is 5.82 Å². The molecule has 3 unspecified atom stereocenters. The van der Waals surface area contributed by atoms with E-state index < -0.39 is 10.0 Å². The fraction of sp³-hybridized carbons (Fsp3) is 0.250. The summed E-state index contributed by atoms with van der Waals surface area (Å²) in [6.07, 6.45) is 6.95. The molecule has 1 fully saturated rings. The van der Waals surface area contributed by atoms with Crippen molar-refractivity contribution in [2.24, 2.45) is 5.92 Å². The number of fused-ring (bicyclic) bond motifs is 1. The summed E-state index contributed by atoms with van der Waals surface area (Å²) in [5.41, 5.74) is 2.78. The second-order valence-electron chi connectivity index (χ2n) is 9.34. The first-order valence-corrected chi connectivity index (χ1v) is 13.6. The van der Waals surface area contributed by atoms with Crippen LogP contribution in [0.15, 0.2) is 84.1 Å². The van der Waals surface area contributed by atoms with Crippen molar-refractivity contribution in [3.63, 3.8) is 0 Å². The molecule has 8 heteroatoms. The molecule has 1 amide bonds. The van der Waals surface area contributed by atoms with Crippen LogP contribution in [0.4, 0.5) is 11.5 Å².